The highest BCUT2D eigenvalue weighted by Gasteiger charge is 2.24. The lowest BCUT2D eigenvalue weighted by Crippen LogP contribution is -2.31. The number of hydrogen-bond donors (Lipinski definition) is 1. The van der Waals surface area contributed by atoms with E-state index in [1.54, 1.807) is 31.2 Å². The van der Waals surface area contributed by atoms with Gasteiger partial charge in [0, 0.05) is 13.1 Å². The van der Waals surface area contributed by atoms with Crippen molar-refractivity contribution in [3.63, 3.8) is 0 Å². The second kappa shape index (κ2) is 5.95. The third-order valence-electron chi connectivity index (χ3n) is 2.45. The van der Waals surface area contributed by atoms with Crippen molar-refractivity contribution in [2.75, 3.05) is 13.1 Å². The molecule has 0 aliphatic heterocycles. The zero-order valence-electron chi connectivity index (χ0n) is 9.83. The standard InChI is InChI=1S/C12H17NO3S/c1-3-9-13(4-2)17(15,16)12-8-6-5-7-11(12)10-14/h3,5-8,14H,1,4,9-10H2,2H3. The van der Waals surface area contributed by atoms with Gasteiger partial charge >= 0.3 is 0 Å². The highest BCUT2D eigenvalue weighted by molar-refractivity contribution is 7.89. The minimum atomic E-state index is -3.55. The van der Waals surface area contributed by atoms with Crippen LogP contribution in [-0.4, -0.2) is 30.9 Å². The summed E-state index contributed by atoms with van der Waals surface area (Å²) in [6, 6.07) is 6.46. The molecular weight excluding hydrogens is 238 g/mol. The predicted octanol–water partition coefficient (Wildman–Crippen LogP) is 1.38. The highest BCUT2D eigenvalue weighted by Crippen LogP contribution is 2.20. The van der Waals surface area contributed by atoms with E-state index in [1.807, 2.05) is 0 Å². The van der Waals surface area contributed by atoms with Crippen LogP contribution in [0.2, 0.25) is 0 Å². The summed E-state index contributed by atoms with van der Waals surface area (Å²) in [6.45, 7) is 5.65. The molecule has 0 bridgehead atoms. The van der Waals surface area contributed by atoms with Gasteiger partial charge in [0.05, 0.1) is 11.5 Å². The minimum Gasteiger partial charge on any atom is -0.392 e. The summed E-state index contributed by atoms with van der Waals surface area (Å²) in [5.41, 5.74) is 0.412. The summed E-state index contributed by atoms with van der Waals surface area (Å²) in [7, 11) is -3.55. The maximum atomic E-state index is 12.3. The topological polar surface area (TPSA) is 57.6 Å². The van der Waals surface area contributed by atoms with Gasteiger partial charge in [-0.25, -0.2) is 8.42 Å². The second-order valence-corrected chi connectivity index (χ2v) is 5.42. The van der Waals surface area contributed by atoms with E-state index in [1.165, 1.54) is 10.4 Å². The molecule has 0 aliphatic carbocycles. The van der Waals surface area contributed by atoms with E-state index >= 15 is 0 Å². The second-order valence-electron chi connectivity index (χ2n) is 3.51. The summed E-state index contributed by atoms with van der Waals surface area (Å²) < 4.78 is 25.9. The van der Waals surface area contributed by atoms with Crippen LogP contribution in [0.1, 0.15) is 12.5 Å². The van der Waals surface area contributed by atoms with Crippen molar-refractivity contribution >= 4 is 10.0 Å². The molecule has 94 valence electrons. The number of likely N-dealkylation sites (N-methyl/N-ethyl adjacent to an activating group) is 1. The predicted molar refractivity (Wildman–Crippen MR) is 67.0 cm³/mol. The summed E-state index contributed by atoms with van der Waals surface area (Å²) in [5, 5.41) is 9.16. The molecule has 0 unspecified atom stereocenters. The molecule has 1 aromatic carbocycles. The Morgan fingerprint density at radius 3 is 2.59 bits per heavy atom. The first-order chi connectivity index (χ1) is 8.07. The molecule has 1 rings (SSSR count). The molecule has 0 aliphatic rings. The van der Waals surface area contributed by atoms with Gasteiger partial charge in [0.15, 0.2) is 0 Å². The zero-order chi connectivity index (χ0) is 12.9. The molecule has 17 heavy (non-hydrogen) atoms. The SMILES string of the molecule is C=CCN(CC)S(=O)(=O)c1ccccc1CO. The van der Waals surface area contributed by atoms with Crippen molar-refractivity contribution in [3.8, 4) is 0 Å². The van der Waals surface area contributed by atoms with Crippen molar-refractivity contribution in [2.24, 2.45) is 0 Å². The molecule has 0 saturated carbocycles. The Labute approximate surface area is 102 Å². The normalized spacial score (nSPS) is 11.7. The van der Waals surface area contributed by atoms with E-state index in [4.69, 9.17) is 5.11 Å². The molecular formula is C12H17NO3S. The van der Waals surface area contributed by atoms with Crippen LogP contribution in [0, 0.1) is 0 Å². The van der Waals surface area contributed by atoms with Crippen LogP contribution in [-0.2, 0) is 16.6 Å². The van der Waals surface area contributed by atoms with E-state index in [-0.39, 0.29) is 18.0 Å². The van der Waals surface area contributed by atoms with Gasteiger partial charge in [0.1, 0.15) is 0 Å². The van der Waals surface area contributed by atoms with Crippen LogP contribution in [0.15, 0.2) is 41.8 Å². The van der Waals surface area contributed by atoms with Gasteiger partial charge in [-0.3, -0.25) is 0 Å². The Morgan fingerprint density at radius 1 is 1.41 bits per heavy atom. The Morgan fingerprint density at radius 2 is 2.06 bits per heavy atom. The molecule has 0 radical (unpaired) electrons. The summed E-state index contributed by atoms with van der Waals surface area (Å²) in [5.74, 6) is 0. The quantitative estimate of drug-likeness (QED) is 0.781. The van der Waals surface area contributed by atoms with Gasteiger partial charge in [-0.05, 0) is 11.6 Å². The third-order valence-corrected chi connectivity index (χ3v) is 4.49. The lowest BCUT2D eigenvalue weighted by atomic mass is 10.2. The van der Waals surface area contributed by atoms with E-state index in [0.717, 1.165) is 0 Å². The molecule has 0 saturated heterocycles. The monoisotopic (exact) mass is 255 g/mol. The smallest absolute Gasteiger partial charge is 0.243 e. The first-order valence-corrected chi connectivity index (χ1v) is 6.81. The van der Waals surface area contributed by atoms with Crippen LogP contribution in [0.5, 0.6) is 0 Å². The van der Waals surface area contributed by atoms with Gasteiger partial charge in [-0.2, -0.15) is 4.31 Å². The molecule has 0 amide bonds. The maximum Gasteiger partial charge on any atom is 0.243 e. The highest BCUT2D eigenvalue weighted by atomic mass is 32.2. The van der Waals surface area contributed by atoms with Crippen LogP contribution < -0.4 is 0 Å². The van der Waals surface area contributed by atoms with E-state index in [9.17, 15) is 8.42 Å². The Hall–Kier alpha value is -1.17. The molecule has 0 heterocycles. The number of nitrogens with zero attached hydrogens (tertiary/aromatic N) is 1. The fourth-order valence-electron chi connectivity index (χ4n) is 1.57. The van der Waals surface area contributed by atoms with Crippen molar-refractivity contribution < 1.29 is 13.5 Å². The van der Waals surface area contributed by atoms with Gasteiger partial charge < -0.3 is 5.11 Å². The Balaban J connectivity index is 3.24. The molecule has 0 fully saturated rings. The number of benzene rings is 1. The molecule has 5 heteroatoms. The first-order valence-electron chi connectivity index (χ1n) is 5.37. The zero-order valence-corrected chi connectivity index (χ0v) is 10.7. The van der Waals surface area contributed by atoms with Crippen molar-refractivity contribution in [1.29, 1.82) is 0 Å². The lowest BCUT2D eigenvalue weighted by molar-refractivity contribution is 0.278. The summed E-state index contributed by atoms with van der Waals surface area (Å²) >= 11 is 0. The van der Waals surface area contributed by atoms with Gasteiger partial charge in [0.2, 0.25) is 10.0 Å². The van der Waals surface area contributed by atoms with Gasteiger partial charge in [0.25, 0.3) is 0 Å². The van der Waals surface area contributed by atoms with E-state index in [2.05, 4.69) is 6.58 Å². The number of aliphatic hydroxyl groups is 1. The van der Waals surface area contributed by atoms with E-state index < -0.39 is 10.0 Å². The van der Waals surface area contributed by atoms with Crippen LogP contribution in [0.25, 0.3) is 0 Å². The molecule has 1 aromatic rings. The number of hydrogen-bond acceptors (Lipinski definition) is 3. The van der Waals surface area contributed by atoms with Crippen molar-refractivity contribution in [2.45, 2.75) is 18.4 Å². The molecule has 4 nitrogen and oxygen atoms in total. The molecule has 1 N–H and O–H groups in total. The molecule has 0 spiro atoms. The molecule has 0 aromatic heterocycles. The van der Waals surface area contributed by atoms with Crippen LogP contribution in [0.3, 0.4) is 0 Å². The fourth-order valence-corrected chi connectivity index (χ4v) is 3.20. The molecule has 0 atom stereocenters. The number of rotatable bonds is 6. The largest absolute Gasteiger partial charge is 0.392 e. The Kier molecular flexibility index (Phi) is 4.86. The fraction of sp³-hybridized carbons (Fsp3) is 0.333. The number of aliphatic hydroxyl groups excluding tert-OH is 1. The van der Waals surface area contributed by atoms with Crippen molar-refractivity contribution in [3.05, 3.63) is 42.5 Å². The summed E-state index contributed by atoms with van der Waals surface area (Å²) in [4.78, 5) is 0.159. The minimum absolute atomic E-state index is 0.159. The van der Waals surface area contributed by atoms with Gasteiger partial charge in [-0.1, -0.05) is 31.2 Å². The lowest BCUT2D eigenvalue weighted by Gasteiger charge is -2.20. The Bertz CT molecular complexity index is 482. The number of sulfonamides is 1. The van der Waals surface area contributed by atoms with Crippen LogP contribution in [0.4, 0.5) is 0 Å². The van der Waals surface area contributed by atoms with Crippen molar-refractivity contribution in [1.82, 2.24) is 4.31 Å². The average molecular weight is 255 g/mol. The summed E-state index contributed by atoms with van der Waals surface area (Å²) in [6.07, 6.45) is 1.54. The first kappa shape index (κ1) is 13.9. The maximum absolute atomic E-state index is 12.3. The van der Waals surface area contributed by atoms with Crippen LogP contribution >= 0.6 is 0 Å². The third kappa shape index (κ3) is 2.94. The van der Waals surface area contributed by atoms with Gasteiger partial charge in [-0.15, -0.1) is 6.58 Å². The van der Waals surface area contributed by atoms with E-state index in [0.29, 0.717) is 12.1 Å². The average Bonchev–Trinajstić information content (AvgIpc) is 2.35.